The van der Waals surface area contributed by atoms with E-state index in [-0.39, 0.29) is 22.8 Å². The van der Waals surface area contributed by atoms with E-state index in [1.807, 2.05) is 0 Å². The number of imide groups is 1. The lowest BCUT2D eigenvalue weighted by Gasteiger charge is -2.37. The lowest BCUT2D eigenvalue weighted by atomic mass is 9.76. The average Bonchev–Trinajstić information content (AvgIpc) is 2.86. The number of carboxylic acids is 1. The number of anilines is 1. The predicted molar refractivity (Wildman–Crippen MR) is 76.0 cm³/mol. The number of rotatable bonds is 2. The first-order valence-electron chi connectivity index (χ1n) is 7.20. The highest BCUT2D eigenvalue weighted by molar-refractivity contribution is 6.17. The molecule has 0 bridgehead atoms. The molecule has 110 valence electrons. The SMILES string of the molecule is O=C(O)c1cccc(N2C(=O)CC3(CCCC3)CC2=O)c1. The van der Waals surface area contributed by atoms with Gasteiger partial charge in [-0.3, -0.25) is 14.5 Å². The van der Waals surface area contributed by atoms with Crippen LogP contribution in [0, 0.1) is 5.41 Å². The Morgan fingerprint density at radius 1 is 1.10 bits per heavy atom. The van der Waals surface area contributed by atoms with E-state index in [4.69, 9.17) is 5.11 Å². The van der Waals surface area contributed by atoms with E-state index in [0.29, 0.717) is 18.5 Å². The molecule has 1 heterocycles. The van der Waals surface area contributed by atoms with Crippen LogP contribution in [-0.4, -0.2) is 22.9 Å². The second-order valence-corrected chi connectivity index (χ2v) is 6.04. The lowest BCUT2D eigenvalue weighted by molar-refractivity contribution is -0.133. The molecule has 1 aliphatic carbocycles. The molecule has 2 amide bonds. The first kappa shape index (κ1) is 13.8. The molecule has 5 heteroatoms. The summed E-state index contributed by atoms with van der Waals surface area (Å²) in [6, 6.07) is 5.99. The molecule has 5 nitrogen and oxygen atoms in total. The molecule has 2 aliphatic rings. The Bertz CT molecular complexity index is 596. The largest absolute Gasteiger partial charge is 0.478 e. The van der Waals surface area contributed by atoms with Crippen molar-refractivity contribution in [2.45, 2.75) is 38.5 Å². The number of hydrogen-bond donors (Lipinski definition) is 1. The minimum Gasteiger partial charge on any atom is -0.478 e. The van der Waals surface area contributed by atoms with Gasteiger partial charge in [0.15, 0.2) is 0 Å². The molecule has 2 fully saturated rings. The van der Waals surface area contributed by atoms with Crippen LogP contribution in [0.2, 0.25) is 0 Å². The minimum atomic E-state index is -1.07. The summed E-state index contributed by atoms with van der Waals surface area (Å²) < 4.78 is 0. The van der Waals surface area contributed by atoms with Crippen LogP contribution >= 0.6 is 0 Å². The number of carbonyl (C=O) groups excluding carboxylic acids is 2. The van der Waals surface area contributed by atoms with Crippen molar-refractivity contribution in [1.29, 1.82) is 0 Å². The summed E-state index contributed by atoms with van der Waals surface area (Å²) in [5.41, 5.74) is 0.293. The van der Waals surface area contributed by atoms with Crippen LogP contribution < -0.4 is 4.90 Å². The van der Waals surface area contributed by atoms with Gasteiger partial charge >= 0.3 is 5.97 Å². The maximum Gasteiger partial charge on any atom is 0.335 e. The molecular weight excluding hydrogens is 270 g/mol. The van der Waals surface area contributed by atoms with Gasteiger partial charge in [-0.2, -0.15) is 0 Å². The van der Waals surface area contributed by atoms with Crippen LogP contribution in [0.3, 0.4) is 0 Å². The molecule has 1 saturated heterocycles. The van der Waals surface area contributed by atoms with Crippen LogP contribution in [0.1, 0.15) is 48.9 Å². The van der Waals surface area contributed by atoms with Gasteiger partial charge in [-0.05, 0) is 36.5 Å². The molecule has 0 unspecified atom stereocenters. The number of piperidine rings is 1. The molecule has 1 spiro atoms. The van der Waals surface area contributed by atoms with Crippen LogP contribution in [0.25, 0.3) is 0 Å². The summed E-state index contributed by atoms with van der Waals surface area (Å²) in [7, 11) is 0. The fourth-order valence-corrected chi connectivity index (χ4v) is 3.55. The molecule has 3 rings (SSSR count). The van der Waals surface area contributed by atoms with E-state index in [1.54, 1.807) is 12.1 Å². The van der Waals surface area contributed by atoms with E-state index in [2.05, 4.69) is 0 Å². The molecule has 1 aliphatic heterocycles. The fraction of sp³-hybridized carbons (Fsp3) is 0.438. The lowest BCUT2D eigenvalue weighted by Crippen LogP contribution is -2.47. The minimum absolute atomic E-state index is 0.0780. The monoisotopic (exact) mass is 287 g/mol. The zero-order valence-corrected chi connectivity index (χ0v) is 11.7. The van der Waals surface area contributed by atoms with Gasteiger partial charge in [-0.25, -0.2) is 4.79 Å². The van der Waals surface area contributed by atoms with Gasteiger partial charge in [0.1, 0.15) is 0 Å². The summed E-state index contributed by atoms with van der Waals surface area (Å²) in [4.78, 5) is 37.0. The molecular formula is C16H17NO4. The predicted octanol–water partition coefficient (Wildman–Crippen LogP) is 2.60. The summed E-state index contributed by atoms with van der Waals surface area (Å²) in [5.74, 6) is -1.49. The smallest absolute Gasteiger partial charge is 0.335 e. The normalized spacial score (nSPS) is 21.0. The first-order chi connectivity index (χ1) is 10.0. The summed E-state index contributed by atoms with van der Waals surface area (Å²) in [6.07, 6.45) is 4.80. The van der Waals surface area contributed by atoms with Crippen LogP contribution in [-0.2, 0) is 9.59 Å². The van der Waals surface area contributed by atoms with Crippen molar-refractivity contribution in [1.82, 2.24) is 0 Å². The first-order valence-corrected chi connectivity index (χ1v) is 7.20. The molecule has 21 heavy (non-hydrogen) atoms. The summed E-state index contributed by atoms with van der Waals surface area (Å²) in [6.45, 7) is 0. The molecule has 0 aromatic heterocycles. The number of carbonyl (C=O) groups is 3. The Balaban J connectivity index is 1.89. The Kier molecular flexibility index (Phi) is 3.27. The van der Waals surface area contributed by atoms with Gasteiger partial charge in [0.25, 0.3) is 0 Å². The highest BCUT2D eigenvalue weighted by atomic mass is 16.4. The number of aromatic carboxylic acids is 1. The molecule has 1 aromatic carbocycles. The van der Waals surface area contributed by atoms with Crippen molar-refractivity contribution in [3.8, 4) is 0 Å². The van der Waals surface area contributed by atoms with Gasteiger partial charge in [-0.1, -0.05) is 18.9 Å². The third kappa shape index (κ3) is 2.44. The number of nitrogens with zero attached hydrogens (tertiary/aromatic N) is 1. The zero-order valence-electron chi connectivity index (χ0n) is 11.7. The number of amides is 2. The van der Waals surface area contributed by atoms with Gasteiger partial charge in [0.2, 0.25) is 11.8 Å². The van der Waals surface area contributed by atoms with Gasteiger partial charge < -0.3 is 5.11 Å². The van der Waals surface area contributed by atoms with E-state index in [9.17, 15) is 14.4 Å². The molecule has 0 atom stereocenters. The second-order valence-electron chi connectivity index (χ2n) is 6.04. The topological polar surface area (TPSA) is 74.7 Å². The maximum atomic E-state index is 12.4. The second kappa shape index (κ2) is 4.98. The number of benzene rings is 1. The number of hydrogen-bond acceptors (Lipinski definition) is 3. The van der Waals surface area contributed by atoms with Gasteiger partial charge in [0.05, 0.1) is 11.3 Å². The van der Waals surface area contributed by atoms with Crippen LogP contribution in [0.5, 0.6) is 0 Å². The maximum absolute atomic E-state index is 12.4. The van der Waals surface area contributed by atoms with Crippen molar-refractivity contribution in [3.63, 3.8) is 0 Å². The fourth-order valence-electron chi connectivity index (χ4n) is 3.55. The highest BCUT2D eigenvalue weighted by Crippen LogP contribution is 2.47. The molecule has 0 radical (unpaired) electrons. The van der Waals surface area contributed by atoms with E-state index < -0.39 is 5.97 Å². The van der Waals surface area contributed by atoms with Gasteiger partial charge in [-0.15, -0.1) is 0 Å². The summed E-state index contributed by atoms with van der Waals surface area (Å²) in [5, 5.41) is 9.02. The Labute approximate surface area is 122 Å². The molecule has 1 N–H and O–H groups in total. The standard InChI is InChI=1S/C16H17NO4/c18-13-9-16(6-1-2-7-16)10-14(19)17(13)12-5-3-4-11(8-12)15(20)21/h3-5,8H,1-2,6-7,9-10H2,(H,20,21). The number of carboxylic acid groups (broad SMARTS) is 1. The third-order valence-corrected chi connectivity index (χ3v) is 4.57. The van der Waals surface area contributed by atoms with E-state index in [0.717, 1.165) is 30.6 Å². The van der Waals surface area contributed by atoms with E-state index in [1.165, 1.54) is 12.1 Å². The molecule has 1 saturated carbocycles. The highest BCUT2D eigenvalue weighted by Gasteiger charge is 2.45. The van der Waals surface area contributed by atoms with E-state index >= 15 is 0 Å². The van der Waals surface area contributed by atoms with Crippen molar-refractivity contribution >= 4 is 23.5 Å². The van der Waals surface area contributed by atoms with Crippen LogP contribution in [0.4, 0.5) is 5.69 Å². The molecule has 1 aromatic rings. The quantitative estimate of drug-likeness (QED) is 0.848. The Morgan fingerprint density at radius 3 is 2.29 bits per heavy atom. The summed E-state index contributed by atoms with van der Waals surface area (Å²) >= 11 is 0. The third-order valence-electron chi connectivity index (χ3n) is 4.57. The van der Waals surface area contributed by atoms with Gasteiger partial charge in [0, 0.05) is 12.8 Å². The van der Waals surface area contributed by atoms with Crippen molar-refractivity contribution in [2.75, 3.05) is 4.90 Å². The average molecular weight is 287 g/mol. The van der Waals surface area contributed by atoms with Crippen molar-refractivity contribution in [2.24, 2.45) is 5.41 Å². The van der Waals surface area contributed by atoms with Crippen molar-refractivity contribution < 1.29 is 19.5 Å². The zero-order chi connectivity index (χ0) is 15.0. The van der Waals surface area contributed by atoms with Crippen molar-refractivity contribution in [3.05, 3.63) is 29.8 Å². The Hall–Kier alpha value is -2.17. The van der Waals surface area contributed by atoms with Crippen LogP contribution in [0.15, 0.2) is 24.3 Å². The Morgan fingerprint density at radius 2 is 1.71 bits per heavy atom.